The van der Waals surface area contributed by atoms with E-state index in [0.717, 1.165) is 5.57 Å². The third-order valence-electron chi connectivity index (χ3n) is 6.59. The summed E-state index contributed by atoms with van der Waals surface area (Å²) in [5.74, 6) is -0.983. The fourth-order valence-corrected chi connectivity index (χ4v) is 5.47. The molecule has 0 amide bonds. The van der Waals surface area contributed by atoms with Crippen LogP contribution in [0.2, 0.25) is 0 Å². The van der Waals surface area contributed by atoms with Gasteiger partial charge in [0.15, 0.2) is 0 Å². The number of ether oxygens (including phenoxy) is 3. The van der Waals surface area contributed by atoms with Gasteiger partial charge in [0.2, 0.25) is 0 Å². The molecule has 5 heteroatoms. The Bertz CT molecular complexity index is 567. The molecule has 3 aliphatic heterocycles. The van der Waals surface area contributed by atoms with Gasteiger partial charge in [-0.1, -0.05) is 19.1 Å². The van der Waals surface area contributed by atoms with Gasteiger partial charge in [-0.2, -0.15) is 0 Å². The van der Waals surface area contributed by atoms with Gasteiger partial charge in [0.25, 0.3) is 0 Å². The van der Waals surface area contributed by atoms with Crippen molar-refractivity contribution >= 4 is 5.97 Å². The van der Waals surface area contributed by atoms with Crippen LogP contribution in [0.25, 0.3) is 0 Å². The molecule has 2 saturated carbocycles. The van der Waals surface area contributed by atoms with Gasteiger partial charge in [0.05, 0.1) is 12.5 Å². The Kier molecular flexibility index (Phi) is 1.67. The first-order chi connectivity index (χ1) is 9.37. The van der Waals surface area contributed by atoms with Gasteiger partial charge in [-0.05, 0) is 13.3 Å². The van der Waals surface area contributed by atoms with E-state index in [-0.39, 0.29) is 30.2 Å². The third-order valence-corrected chi connectivity index (χ3v) is 6.59. The summed E-state index contributed by atoms with van der Waals surface area (Å²) in [7, 11) is 0. The fraction of sp³-hybridized carbons (Fsp3) is 0.800. The van der Waals surface area contributed by atoms with Gasteiger partial charge in [0, 0.05) is 11.3 Å². The summed E-state index contributed by atoms with van der Waals surface area (Å²) < 4.78 is 17.0. The standard InChI is InChI=1S/C15H18O5/c1-6(2)8-7-4-13(3)14(5-18-14)10-11(20-10)15(13,17)9(8)12(16)19-7/h7-11,17H,1,4-5H2,2-3H3/t7-,8?,9+,10?,11?,13?,14+,15?/m0/s1. The Hall–Kier alpha value is -0.910. The molecule has 1 N–H and O–H groups in total. The minimum Gasteiger partial charge on any atom is -0.461 e. The van der Waals surface area contributed by atoms with Crippen molar-refractivity contribution in [2.75, 3.05) is 6.61 Å². The van der Waals surface area contributed by atoms with Crippen molar-refractivity contribution in [3.63, 3.8) is 0 Å². The van der Waals surface area contributed by atoms with Crippen LogP contribution in [0.15, 0.2) is 12.2 Å². The van der Waals surface area contributed by atoms with E-state index in [1.165, 1.54) is 0 Å². The minimum atomic E-state index is -1.19. The highest BCUT2D eigenvalue weighted by molar-refractivity contribution is 5.79. The van der Waals surface area contributed by atoms with E-state index >= 15 is 0 Å². The van der Waals surface area contributed by atoms with Crippen LogP contribution >= 0.6 is 0 Å². The molecule has 5 unspecified atom stereocenters. The zero-order valence-electron chi connectivity index (χ0n) is 11.6. The first-order valence-corrected chi connectivity index (χ1v) is 7.24. The highest BCUT2D eigenvalue weighted by Gasteiger charge is 2.92. The summed E-state index contributed by atoms with van der Waals surface area (Å²) in [4.78, 5) is 12.3. The van der Waals surface area contributed by atoms with E-state index in [0.29, 0.717) is 13.0 Å². The van der Waals surface area contributed by atoms with Crippen LogP contribution in [0.5, 0.6) is 0 Å². The molecular weight excluding hydrogens is 260 g/mol. The lowest BCUT2D eigenvalue weighted by molar-refractivity contribution is -0.185. The second-order valence-electron chi connectivity index (χ2n) is 7.34. The van der Waals surface area contributed by atoms with Gasteiger partial charge in [-0.15, -0.1) is 0 Å². The number of hydrogen-bond acceptors (Lipinski definition) is 5. The molecule has 3 saturated heterocycles. The van der Waals surface area contributed by atoms with Crippen LogP contribution in [0.1, 0.15) is 20.3 Å². The average Bonchev–Trinajstić information content (AvgIpc) is 3.20. The normalized spacial score (nSPS) is 64.8. The van der Waals surface area contributed by atoms with E-state index in [9.17, 15) is 9.90 Å². The molecular formula is C15H18O5. The summed E-state index contributed by atoms with van der Waals surface area (Å²) in [5, 5.41) is 11.5. The van der Waals surface area contributed by atoms with Crippen molar-refractivity contribution in [2.45, 2.75) is 49.8 Å². The van der Waals surface area contributed by atoms with E-state index < -0.39 is 22.5 Å². The Morgan fingerprint density at radius 2 is 2.15 bits per heavy atom. The largest absolute Gasteiger partial charge is 0.461 e. The van der Waals surface area contributed by atoms with Crippen molar-refractivity contribution in [3.05, 3.63) is 12.2 Å². The number of rotatable bonds is 1. The number of epoxide rings is 2. The van der Waals surface area contributed by atoms with Crippen molar-refractivity contribution < 1.29 is 24.1 Å². The molecule has 3 heterocycles. The van der Waals surface area contributed by atoms with Crippen LogP contribution in [0.4, 0.5) is 0 Å². The Morgan fingerprint density at radius 3 is 2.75 bits per heavy atom. The minimum absolute atomic E-state index is 0.0598. The molecule has 20 heavy (non-hydrogen) atoms. The number of aliphatic hydroxyl groups is 1. The monoisotopic (exact) mass is 278 g/mol. The zero-order valence-corrected chi connectivity index (χ0v) is 11.6. The van der Waals surface area contributed by atoms with Gasteiger partial charge in [-0.25, -0.2) is 0 Å². The molecule has 0 aromatic rings. The lowest BCUT2D eigenvalue weighted by Crippen LogP contribution is -2.64. The van der Waals surface area contributed by atoms with E-state index in [4.69, 9.17) is 14.2 Å². The SMILES string of the molecule is C=C(C)C1[C@@H]2CC3(C)C(O)(C4OC4[C@]34CO4)[C@H]1C(=O)O2. The molecule has 5 nitrogen and oxygen atoms in total. The second kappa shape index (κ2) is 2.85. The maximum Gasteiger partial charge on any atom is 0.313 e. The molecule has 0 radical (unpaired) electrons. The van der Waals surface area contributed by atoms with Crippen LogP contribution in [-0.4, -0.2) is 47.2 Å². The fourth-order valence-electron chi connectivity index (χ4n) is 5.47. The van der Waals surface area contributed by atoms with Gasteiger partial charge in [-0.3, -0.25) is 4.79 Å². The second-order valence-corrected chi connectivity index (χ2v) is 7.34. The van der Waals surface area contributed by atoms with Crippen molar-refractivity contribution in [1.82, 2.24) is 0 Å². The lowest BCUT2D eigenvalue weighted by atomic mass is 9.54. The first kappa shape index (κ1) is 11.7. The maximum atomic E-state index is 12.3. The first-order valence-electron chi connectivity index (χ1n) is 7.24. The lowest BCUT2D eigenvalue weighted by Gasteiger charge is -2.51. The molecule has 0 aromatic carbocycles. The van der Waals surface area contributed by atoms with Crippen LogP contribution in [0, 0.1) is 17.3 Å². The third kappa shape index (κ3) is 0.875. The molecule has 0 aromatic heterocycles. The van der Waals surface area contributed by atoms with E-state index in [1.54, 1.807) is 0 Å². The summed E-state index contributed by atoms with van der Waals surface area (Å²) >= 11 is 0. The highest BCUT2D eigenvalue weighted by atomic mass is 16.7. The molecule has 2 bridgehead atoms. The number of carbonyl (C=O) groups excluding carboxylic acids is 1. The average molecular weight is 278 g/mol. The molecule has 2 aliphatic carbocycles. The maximum absolute atomic E-state index is 12.3. The number of hydrogen-bond donors (Lipinski definition) is 1. The van der Waals surface area contributed by atoms with Crippen molar-refractivity contribution in [3.8, 4) is 0 Å². The molecule has 1 spiro atoms. The number of carbonyl (C=O) groups is 1. The van der Waals surface area contributed by atoms with E-state index in [2.05, 4.69) is 6.58 Å². The predicted octanol–water partition coefficient (Wildman–Crippen LogP) is 0.411. The highest BCUT2D eigenvalue weighted by Crippen LogP contribution is 2.76. The smallest absolute Gasteiger partial charge is 0.313 e. The number of esters is 1. The predicted molar refractivity (Wildman–Crippen MR) is 66.7 cm³/mol. The zero-order chi connectivity index (χ0) is 14.1. The summed E-state index contributed by atoms with van der Waals surface area (Å²) in [6, 6.07) is 0. The molecule has 108 valence electrons. The summed E-state index contributed by atoms with van der Waals surface area (Å²) in [6.07, 6.45) is 0.0809. The topological polar surface area (TPSA) is 71.6 Å². The van der Waals surface area contributed by atoms with Gasteiger partial charge in [0.1, 0.15) is 29.5 Å². The van der Waals surface area contributed by atoms with Crippen LogP contribution in [0.3, 0.4) is 0 Å². The van der Waals surface area contributed by atoms with Gasteiger partial charge < -0.3 is 19.3 Å². The van der Waals surface area contributed by atoms with Crippen LogP contribution < -0.4 is 0 Å². The Morgan fingerprint density at radius 1 is 1.45 bits per heavy atom. The molecule has 5 rings (SSSR count). The van der Waals surface area contributed by atoms with Gasteiger partial charge >= 0.3 is 5.97 Å². The van der Waals surface area contributed by atoms with E-state index in [1.807, 2.05) is 13.8 Å². The summed E-state index contributed by atoms with van der Waals surface area (Å²) in [6.45, 7) is 8.55. The van der Waals surface area contributed by atoms with Crippen LogP contribution in [-0.2, 0) is 19.0 Å². The Labute approximate surface area is 116 Å². The Balaban J connectivity index is 1.72. The molecule has 5 fully saturated rings. The van der Waals surface area contributed by atoms with Crippen molar-refractivity contribution in [2.24, 2.45) is 17.3 Å². The molecule has 5 aliphatic rings. The quantitative estimate of drug-likeness (QED) is 0.427. The van der Waals surface area contributed by atoms with Crippen molar-refractivity contribution in [1.29, 1.82) is 0 Å². The molecule has 8 atom stereocenters. The number of fused-ring (bicyclic) bond motifs is 8. The summed E-state index contributed by atoms with van der Waals surface area (Å²) in [5.41, 5.74) is -1.17.